The second-order valence-electron chi connectivity index (χ2n) is 3.83. The molecule has 17 heavy (non-hydrogen) atoms. The lowest BCUT2D eigenvalue weighted by molar-refractivity contribution is -0.175. The molecule has 0 saturated carbocycles. The summed E-state index contributed by atoms with van der Waals surface area (Å²) < 4.78 is 40.5. The molecule has 0 fully saturated rings. The van der Waals surface area contributed by atoms with Gasteiger partial charge in [0.15, 0.2) is 0 Å². The van der Waals surface area contributed by atoms with Gasteiger partial charge in [-0.15, -0.1) is 0 Å². The van der Waals surface area contributed by atoms with Crippen molar-refractivity contribution in [2.24, 2.45) is 0 Å². The van der Waals surface area contributed by atoms with Crippen LogP contribution >= 0.6 is 0 Å². The van der Waals surface area contributed by atoms with E-state index in [1.807, 2.05) is 31.2 Å². The fourth-order valence-electron chi connectivity index (χ4n) is 1.60. The van der Waals surface area contributed by atoms with Gasteiger partial charge < -0.3 is 10.1 Å². The molecule has 0 aliphatic carbocycles. The highest BCUT2D eigenvalue weighted by Crippen LogP contribution is 2.19. The van der Waals surface area contributed by atoms with Crippen molar-refractivity contribution in [3.63, 3.8) is 0 Å². The number of benzene rings is 1. The van der Waals surface area contributed by atoms with E-state index >= 15 is 0 Å². The second-order valence-corrected chi connectivity index (χ2v) is 3.83. The number of ether oxygens (including phenoxy) is 1. The Morgan fingerprint density at radius 1 is 1.29 bits per heavy atom. The number of likely N-dealkylation sites (N-methyl/N-ethyl adjacent to an activating group) is 1. The topological polar surface area (TPSA) is 21.3 Å². The number of nitrogens with one attached hydrogen (secondary N) is 1. The average molecular weight is 247 g/mol. The van der Waals surface area contributed by atoms with E-state index in [1.165, 1.54) is 0 Å². The fourth-order valence-corrected chi connectivity index (χ4v) is 1.60. The third kappa shape index (κ3) is 4.75. The molecule has 96 valence electrons. The van der Waals surface area contributed by atoms with E-state index in [1.54, 1.807) is 7.05 Å². The van der Waals surface area contributed by atoms with E-state index in [2.05, 4.69) is 10.1 Å². The maximum atomic E-state index is 11.9. The molecule has 5 heteroatoms. The SMILES string of the molecule is CNC(COCC(F)(F)F)c1ccccc1C. The molecule has 1 unspecified atom stereocenters. The summed E-state index contributed by atoms with van der Waals surface area (Å²) >= 11 is 0. The number of hydrogen-bond acceptors (Lipinski definition) is 2. The van der Waals surface area contributed by atoms with Crippen LogP contribution in [0.4, 0.5) is 13.2 Å². The average Bonchev–Trinajstić information content (AvgIpc) is 2.24. The number of alkyl halides is 3. The molecule has 1 rings (SSSR count). The van der Waals surface area contributed by atoms with Crippen molar-refractivity contribution >= 4 is 0 Å². The molecule has 1 atom stereocenters. The molecule has 1 N–H and O–H groups in total. The van der Waals surface area contributed by atoms with E-state index in [-0.39, 0.29) is 12.6 Å². The predicted molar refractivity (Wildman–Crippen MR) is 59.9 cm³/mol. The van der Waals surface area contributed by atoms with Gasteiger partial charge in [0.25, 0.3) is 0 Å². The molecular weight excluding hydrogens is 231 g/mol. The Hall–Kier alpha value is -1.07. The molecule has 0 spiro atoms. The molecule has 0 saturated heterocycles. The van der Waals surface area contributed by atoms with E-state index in [9.17, 15) is 13.2 Å². The summed E-state index contributed by atoms with van der Waals surface area (Å²) in [7, 11) is 1.70. The highest BCUT2D eigenvalue weighted by atomic mass is 19.4. The molecule has 0 bridgehead atoms. The van der Waals surface area contributed by atoms with Crippen molar-refractivity contribution < 1.29 is 17.9 Å². The Kier molecular flexibility index (Phi) is 4.96. The van der Waals surface area contributed by atoms with Crippen molar-refractivity contribution in [2.75, 3.05) is 20.3 Å². The van der Waals surface area contributed by atoms with Crippen LogP contribution < -0.4 is 5.32 Å². The number of halogens is 3. The maximum absolute atomic E-state index is 11.9. The molecular formula is C12H16F3NO. The molecule has 2 nitrogen and oxygen atoms in total. The first-order chi connectivity index (χ1) is 7.94. The number of aryl methyl sites for hydroxylation is 1. The van der Waals surface area contributed by atoms with Crippen LogP contribution in [-0.4, -0.2) is 26.4 Å². The van der Waals surface area contributed by atoms with Crippen LogP contribution in [0.1, 0.15) is 17.2 Å². The van der Waals surface area contributed by atoms with Gasteiger partial charge in [-0.05, 0) is 25.1 Å². The highest BCUT2D eigenvalue weighted by molar-refractivity contribution is 5.28. The minimum atomic E-state index is -4.27. The Bertz CT molecular complexity index is 352. The third-order valence-electron chi connectivity index (χ3n) is 2.46. The minimum Gasteiger partial charge on any atom is -0.370 e. The van der Waals surface area contributed by atoms with Crippen LogP contribution in [0.5, 0.6) is 0 Å². The van der Waals surface area contributed by atoms with E-state index in [0.717, 1.165) is 11.1 Å². The lowest BCUT2D eigenvalue weighted by atomic mass is 10.0. The lowest BCUT2D eigenvalue weighted by Gasteiger charge is -2.19. The Labute approximate surface area is 98.8 Å². The van der Waals surface area contributed by atoms with Crippen LogP contribution in [0, 0.1) is 6.92 Å². The largest absolute Gasteiger partial charge is 0.411 e. The monoisotopic (exact) mass is 247 g/mol. The summed E-state index contributed by atoms with van der Waals surface area (Å²) in [5, 5.41) is 2.95. The predicted octanol–water partition coefficient (Wildman–Crippen LogP) is 2.83. The molecule has 1 aromatic carbocycles. The first-order valence-electron chi connectivity index (χ1n) is 5.31. The quantitative estimate of drug-likeness (QED) is 0.863. The first-order valence-corrected chi connectivity index (χ1v) is 5.31. The Morgan fingerprint density at radius 2 is 1.94 bits per heavy atom. The van der Waals surface area contributed by atoms with Crippen molar-refractivity contribution in [2.45, 2.75) is 19.1 Å². The number of rotatable bonds is 5. The summed E-state index contributed by atoms with van der Waals surface area (Å²) in [6, 6.07) is 7.33. The lowest BCUT2D eigenvalue weighted by Crippen LogP contribution is -2.26. The van der Waals surface area contributed by atoms with Gasteiger partial charge in [-0.25, -0.2) is 0 Å². The summed E-state index contributed by atoms with van der Waals surface area (Å²) in [5.41, 5.74) is 1.99. The standard InChI is InChI=1S/C12H16F3NO/c1-9-5-3-4-6-10(9)11(16-2)7-17-8-12(13,14)15/h3-6,11,16H,7-8H2,1-2H3. The van der Waals surface area contributed by atoms with Gasteiger partial charge in [0, 0.05) is 0 Å². The Morgan fingerprint density at radius 3 is 2.47 bits per heavy atom. The molecule has 0 aliphatic rings. The van der Waals surface area contributed by atoms with Crippen LogP contribution in [0.25, 0.3) is 0 Å². The summed E-state index contributed by atoms with van der Waals surface area (Å²) in [6.45, 7) is 0.710. The summed E-state index contributed by atoms with van der Waals surface area (Å²) in [6.07, 6.45) is -4.27. The minimum absolute atomic E-state index is 0.000856. The molecule has 0 aliphatic heterocycles. The van der Waals surface area contributed by atoms with Crippen LogP contribution in [0.2, 0.25) is 0 Å². The van der Waals surface area contributed by atoms with E-state index in [0.29, 0.717) is 0 Å². The first kappa shape index (κ1) is 14.0. The third-order valence-corrected chi connectivity index (χ3v) is 2.46. The van der Waals surface area contributed by atoms with Gasteiger partial charge in [0.05, 0.1) is 12.6 Å². The Balaban J connectivity index is 2.58. The fraction of sp³-hybridized carbons (Fsp3) is 0.500. The zero-order valence-electron chi connectivity index (χ0n) is 9.84. The normalized spacial score (nSPS) is 13.7. The molecule has 1 aromatic rings. The van der Waals surface area contributed by atoms with Gasteiger partial charge in [-0.3, -0.25) is 0 Å². The van der Waals surface area contributed by atoms with Crippen molar-refractivity contribution in [3.05, 3.63) is 35.4 Å². The van der Waals surface area contributed by atoms with Crippen molar-refractivity contribution in [1.82, 2.24) is 5.32 Å². The zero-order valence-corrected chi connectivity index (χ0v) is 9.84. The van der Waals surface area contributed by atoms with E-state index < -0.39 is 12.8 Å². The number of hydrogen-bond donors (Lipinski definition) is 1. The molecule has 0 amide bonds. The summed E-state index contributed by atoms with van der Waals surface area (Å²) in [5.74, 6) is 0. The van der Waals surface area contributed by atoms with Gasteiger partial charge in [0.2, 0.25) is 0 Å². The van der Waals surface area contributed by atoms with E-state index in [4.69, 9.17) is 0 Å². The van der Waals surface area contributed by atoms with Gasteiger partial charge in [0.1, 0.15) is 6.61 Å². The van der Waals surface area contributed by atoms with Gasteiger partial charge >= 0.3 is 6.18 Å². The molecule has 0 radical (unpaired) electrons. The van der Waals surface area contributed by atoms with Gasteiger partial charge in [-0.1, -0.05) is 24.3 Å². The second kappa shape index (κ2) is 6.02. The van der Waals surface area contributed by atoms with Gasteiger partial charge in [-0.2, -0.15) is 13.2 Å². The van der Waals surface area contributed by atoms with Crippen LogP contribution in [0.15, 0.2) is 24.3 Å². The maximum Gasteiger partial charge on any atom is 0.411 e. The molecule has 0 heterocycles. The molecule has 0 aromatic heterocycles. The highest BCUT2D eigenvalue weighted by Gasteiger charge is 2.28. The summed E-state index contributed by atoms with van der Waals surface area (Å²) in [4.78, 5) is 0. The van der Waals surface area contributed by atoms with Crippen molar-refractivity contribution in [1.29, 1.82) is 0 Å². The zero-order chi connectivity index (χ0) is 12.9. The van der Waals surface area contributed by atoms with Crippen LogP contribution in [-0.2, 0) is 4.74 Å². The smallest absolute Gasteiger partial charge is 0.370 e. The van der Waals surface area contributed by atoms with Crippen molar-refractivity contribution in [3.8, 4) is 0 Å². The van der Waals surface area contributed by atoms with Crippen LogP contribution in [0.3, 0.4) is 0 Å².